The van der Waals surface area contributed by atoms with Gasteiger partial charge in [0.25, 0.3) is 0 Å². The molecule has 0 aliphatic carbocycles. The number of halogens is 4. The Morgan fingerprint density at radius 1 is 1.53 bits per heavy atom. The minimum absolute atomic E-state index is 0.158. The molecule has 1 heterocycles. The Bertz CT molecular complexity index is 429. The fourth-order valence-electron chi connectivity index (χ4n) is 1.19. The van der Waals surface area contributed by atoms with E-state index in [2.05, 4.69) is 25.8 Å². The number of ether oxygens (including phenoxy) is 1. The highest BCUT2D eigenvalue weighted by molar-refractivity contribution is 9.10. The van der Waals surface area contributed by atoms with Crippen molar-refractivity contribution in [3.63, 3.8) is 0 Å². The third-order valence-corrected chi connectivity index (χ3v) is 2.94. The van der Waals surface area contributed by atoms with Crippen molar-refractivity contribution in [3.05, 3.63) is 15.9 Å². The molecule has 17 heavy (non-hydrogen) atoms. The zero-order chi connectivity index (χ0) is 13.2. The predicted molar refractivity (Wildman–Crippen MR) is 56.3 cm³/mol. The van der Waals surface area contributed by atoms with Crippen molar-refractivity contribution in [1.29, 1.82) is 0 Å². The van der Waals surface area contributed by atoms with Crippen LogP contribution in [0.5, 0.6) is 0 Å². The second-order valence-electron chi connectivity index (χ2n) is 3.21. The number of nitrogens with zero attached hydrogens (tertiary/aromatic N) is 2. The Morgan fingerprint density at radius 3 is 2.53 bits per heavy atom. The lowest BCUT2D eigenvalue weighted by atomic mass is 10.3. The van der Waals surface area contributed by atoms with Gasteiger partial charge in [-0.3, -0.25) is 9.48 Å². The second kappa shape index (κ2) is 5.07. The summed E-state index contributed by atoms with van der Waals surface area (Å²) in [6.07, 6.45) is -4.55. The molecule has 0 radical (unpaired) electrons. The van der Waals surface area contributed by atoms with Crippen LogP contribution in [0.2, 0.25) is 0 Å². The molecule has 0 saturated carbocycles. The van der Waals surface area contributed by atoms with Gasteiger partial charge < -0.3 is 4.74 Å². The smallest absolute Gasteiger partial charge is 0.436 e. The standard InChI is InChI=1S/C9H10BrF3N2O2/c1-3-17-6(16)4-15-5(2)7(10)8(14-15)9(11,12)13/h3-4H2,1-2H3. The van der Waals surface area contributed by atoms with Crippen LogP contribution in [0, 0.1) is 6.92 Å². The molecule has 0 aliphatic rings. The maximum Gasteiger partial charge on any atom is 0.436 e. The van der Waals surface area contributed by atoms with Crippen LogP contribution in [0.3, 0.4) is 0 Å². The summed E-state index contributed by atoms with van der Waals surface area (Å²) in [6, 6.07) is 0. The van der Waals surface area contributed by atoms with E-state index in [4.69, 9.17) is 0 Å². The molecule has 0 saturated heterocycles. The van der Waals surface area contributed by atoms with Crippen LogP contribution < -0.4 is 0 Å². The minimum Gasteiger partial charge on any atom is -0.465 e. The van der Waals surface area contributed by atoms with E-state index in [-0.39, 0.29) is 23.3 Å². The summed E-state index contributed by atoms with van der Waals surface area (Å²) < 4.78 is 43.0. The van der Waals surface area contributed by atoms with Gasteiger partial charge in [0, 0.05) is 0 Å². The number of hydrogen-bond acceptors (Lipinski definition) is 3. The quantitative estimate of drug-likeness (QED) is 0.805. The molecule has 0 amide bonds. The number of aromatic nitrogens is 2. The molecule has 8 heteroatoms. The molecular formula is C9H10BrF3N2O2. The van der Waals surface area contributed by atoms with Crippen molar-refractivity contribution in [1.82, 2.24) is 9.78 Å². The first-order valence-corrected chi connectivity index (χ1v) is 5.52. The summed E-state index contributed by atoms with van der Waals surface area (Å²) >= 11 is 2.81. The average molecular weight is 315 g/mol. The van der Waals surface area contributed by atoms with Crippen LogP contribution in [0.1, 0.15) is 18.3 Å². The van der Waals surface area contributed by atoms with Crippen LogP contribution in [0.25, 0.3) is 0 Å². The topological polar surface area (TPSA) is 44.1 Å². The highest BCUT2D eigenvalue weighted by Crippen LogP contribution is 2.35. The summed E-state index contributed by atoms with van der Waals surface area (Å²) in [5.41, 5.74) is -0.815. The van der Waals surface area contributed by atoms with Gasteiger partial charge in [0.15, 0.2) is 5.69 Å². The molecule has 0 bridgehead atoms. The lowest BCUT2D eigenvalue weighted by molar-refractivity contribution is -0.146. The normalized spacial score (nSPS) is 11.6. The monoisotopic (exact) mass is 314 g/mol. The Morgan fingerprint density at radius 2 is 2.12 bits per heavy atom. The molecule has 96 valence electrons. The van der Waals surface area contributed by atoms with Gasteiger partial charge in [-0.15, -0.1) is 0 Å². The molecule has 0 fully saturated rings. The van der Waals surface area contributed by atoms with Crippen molar-refractivity contribution in [2.24, 2.45) is 0 Å². The van der Waals surface area contributed by atoms with E-state index in [1.165, 1.54) is 6.92 Å². The number of carbonyl (C=O) groups excluding carboxylic acids is 1. The lowest BCUT2D eigenvalue weighted by Gasteiger charge is -2.04. The highest BCUT2D eigenvalue weighted by Gasteiger charge is 2.38. The van der Waals surface area contributed by atoms with Gasteiger partial charge in [-0.1, -0.05) is 0 Å². The van der Waals surface area contributed by atoms with Gasteiger partial charge in [0.1, 0.15) is 6.54 Å². The number of carbonyl (C=O) groups is 1. The molecule has 0 unspecified atom stereocenters. The molecule has 1 aromatic heterocycles. The minimum atomic E-state index is -4.55. The van der Waals surface area contributed by atoms with E-state index in [9.17, 15) is 18.0 Å². The molecule has 0 atom stereocenters. The summed E-state index contributed by atoms with van der Waals surface area (Å²) in [5.74, 6) is -0.626. The molecule has 4 nitrogen and oxygen atoms in total. The van der Waals surface area contributed by atoms with Gasteiger partial charge in [-0.05, 0) is 29.8 Å². The molecule has 0 aliphatic heterocycles. The highest BCUT2D eigenvalue weighted by atomic mass is 79.9. The lowest BCUT2D eigenvalue weighted by Crippen LogP contribution is -2.16. The van der Waals surface area contributed by atoms with E-state index >= 15 is 0 Å². The number of rotatable bonds is 3. The van der Waals surface area contributed by atoms with Crippen LogP contribution in [-0.4, -0.2) is 22.4 Å². The van der Waals surface area contributed by atoms with E-state index in [1.807, 2.05) is 0 Å². The fourth-order valence-corrected chi connectivity index (χ4v) is 1.70. The van der Waals surface area contributed by atoms with E-state index < -0.39 is 17.8 Å². The zero-order valence-corrected chi connectivity index (χ0v) is 10.7. The third kappa shape index (κ3) is 3.21. The van der Waals surface area contributed by atoms with Gasteiger partial charge in [0.2, 0.25) is 0 Å². The van der Waals surface area contributed by atoms with E-state index in [0.717, 1.165) is 4.68 Å². The Balaban J connectivity index is 3.00. The van der Waals surface area contributed by atoms with Gasteiger partial charge in [-0.25, -0.2) is 0 Å². The van der Waals surface area contributed by atoms with E-state index in [1.54, 1.807) is 6.92 Å². The van der Waals surface area contributed by atoms with Crippen LogP contribution in [0.4, 0.5) is 13.2 Å². The van der Waals surface area contributed by atoms with Gasteiger partial charge in [0.05, 0.1) is 16.8 Å². The Kier molecular flexibility index (Phi) is 4.18. The first kappa shape index (κ1) is 14.0. The van der Waals surface area contributed by atoms with E-state index in [0.29, 0.717) is 0 Å². The van der Waals surface area contributed by atoms with Crippen molar-refractivity contribution < 1.29 is 22.7 Å². The fraction of sp³-hybridized carbons (Fsp3) is 0.556. The van der Waals surface area contributed by atoms with Gasteiger partial charge >= 0.3 is 12.1 Å². The number of hydrogen-bond donors (Lipinski definition) is 0. The summed E-state index contributed by atoms with van der Waals surface area (Å²) in [5, 5.41) is 3.35. The number of esters is 1. The summed E-state index contributed by atoms with van der Waals surface area (Å²) in [6.45, 7) is 2.89. The van der Waals surface area contributed by atoms with Crippen LogP contribution in [-0.2, 0) is 22.3 Å². The van der Waals surface area contributed by atoms with Crippen LogP contribution >= 0.6 is 15.9 Å². The first-order valence-electron chi connectivity index (χ1n) is 4.73. The predicted octanol–water partition coefficient (Wildman–Crippen LogP) is 2.54. The van der Waals surface area contributed by atoms with Gasteiger partial charge in [-0.2, -0.15) is 18.3 Å². The average Bonchev–Trinajstić information content (AvgIpc) is 2.46. The van der Waals surface area contributed by atoms with Crippen LogP contribution in [0.15, 0.2) is 4.47 Å². The molecule has 1 aromatic rings. The third-order valence-electron chi connectivity index (χ3n) is 1.99. The molecule has 0 spiro atoms. The molecule has 0 aromatic carbocycles. The maximum atomic E-state index is 12.5. The Hall–Kier alpha value is -1.05. The second-order valence-corrected chi connectivity index (χ2v) is 4.00. The number of alkyl halides is 3. The molecule has 1 rings (SSSR count). The van der Waals surface area contributed by atoms with Crippen molar-refractivity contribution >= 4 is 21.9 Å². The summed E-state index contributed by atoms with van der Waals surface area (Å²) in [7, 11) is 0. The molecule has 0 N–H and O–H groups in total. The van der Waals surface area contributed by atoms with Crippen molar-refractivity contribution in [3.8, 4) is 0 Å². The summed E-state index contributed by atoms with van der Waals surface area (Å²) in [4.78, 5) is 11.2. The SMILES string of the molecule is CCOC(=O)Cn1nc(C(F)(F)F)c(Br)c1C. The first-order chi connectivity index (χ1) is 7.77. The zero-order valence-electron chi connectivity index (χ0n) is 9.14. The Labute approximate surface area is 104 Å². The maximum absolute atomic E-state index is 12.5. The van der Waals surface area contributed by atoms with Crippen molar-refractivity contribution in [2.75, 3.05) is 6.61 Å². The van der Waals surface area contributed by atoms with Crippen molar-refractivity contribution in [2.45, 2.75) is 26.6 Å². The largest absolute Gasteiger partial charge is 0.465 e. The molecular weight excluding hydrogens is 305 g/mol.